The van der Waals surface area contributed by atoms with Gasteiger partial charge in [0, 0.05) is 48.5 Å². The Hall–Kier alpha value is -3.71. The summed E-state index contributed by atoms with van der Waals surface area (Å²) in [5, 5.41) is 0.316. The lowest BCUT2D eigenvalue weighted by molar-refractivity contribution is 0.0994. The lowest BCUT2D eigenvalue weighted by Crippen LogP contribution is -2.31. The van der Waals surface area contributed by atoms with Crippen molar-refractivity contribution in [1.29, 1.82) is 0 Å². The molecule has 1 saturated carbocycles. The van der Waals surface area contributed by atoms with Crippen LogP contribution in [0.4, 0.5) is 15.8 Å². The molecule has 0 aliphatic heterocycles. The maximum atomic E-state index is 15.0. The molecule has 3 heterocycles. The molecule has 5 rings (SSSR count). The number of ketones is 1. The number of hydrogen-bond donors (Lipinski definition) is 1. The molecule has 1 aliphatic rings. The summed E-state index contributed by atoms with van der Waals surface area (Å²) >= 11 is 0. The Balaban J connectivity index is 1.46. The monoisotopic (exact) mass is 511 g/mol. The van der Waals surface area contributed by atoms with Crippen LogP contribution < -0.4 is 10.6 Å². The van der Waals surface area contributed by atoms with Crippen molar-refractivity contribution < 1.29 is 9.18 Å². The Morgan fingerprint density at radius 3 is 2.68 bits per heavy atom. The van der Waals surface area contributed by atoms with E-state index in [2.05, 4.69) is 21.9 Å². The lowest BCUT2D eigenvalue weighted by atomic mass is 9.75. The first-order valence-electron chi connectivity index (χ1n) is 13.2. The predicted molar refractivity (Wildman–Crippen MR) is 149 cm³/mol. The van der Waals surface area contributed by atoms with E-state index in [0.29, 0.717) is 34.0 Å². The van der Waals surface area contributed by atoms with Gasteiger partial charge in [-0.2, -0.15) is 0 Å². The number of fused-ring (bicyclic) bond motifs is 1. The van der Waals surface area contributed by atoms with Gasteiger partial charge in [0.05, 0.1) is 28.8 Å². The zero-order valence-corrected chi connectivity index (χ0v) is 22.4. The third-order valence-electron chi connectivity index (χ3n) is 7.74. The Kier molecular flexibility index (Phi) is 7.21. The summed E-state index contributed by atoms with van der Waals surface area (Å²) in [5.41, 5.74) is 12.6. The van der Waals surface area contributed by atoms with Gasteiger partial charge in [0.15, 0.2) is 5.78 Å². The molecule has 3 atom stereocenters. The Bertz CT molecular complexity index is 1490. The van der Waals surface area contributed by atoms with Gasteiger partial charge in [-0.3, -0.25) is 19.7 Å². The summed E-state index contributed by atoms with van der Waals surface area (Å²) in [5.74, 6) is 0.327. The molecule has 1 fully saturated rings. The summed E-state index contributed by atoms with van der Waals surface area (Å²) in [6.07, 6.45) is 8.41. The number of carbonyl (C=O) groups is 1. The van der Waals surface area contributed by atoms with E-state index >= 15 is 4.39 Å². The third-order valence-corrected chi connectivity index (χ3v) is 7.74. The van der Waals surface area contributed by atoms with E-state index < -0.39 is 5.82 Å². The van der Waals surface area contributed by atoms with E-state index in [1.807, 2.05) is 44.0 Å². The SMILES string of the molecule is Cc1ccc(N(C)c2cnc3c(C(=O)Cc4cnccc4[C@@H]4C[C@H](C)C[C@H](N)C4)ccc(F)c3c2)c(C)n1. The van der Waals surface area contributed by atoms with E-state index in [0.717, 1.165) is 47.5 Å². The quantitative estimate of drug-likeness (QED) is 0.310. The number of nitrogens with two attached hydrogens (primary N) is 1. The Labute approximate surface area is 223 Å². The van der Waals surface area contributed by atoms with Crippen molar-refractivity contribution in [3.8, 4) is 0 Å². The van der Waals surface area contributed by atoms with E-state index in [9.17, 15) is 4.79 Å². The molecule has 0 spiro atoms. The topological polar surface area (TPSA) is 85.0 Å². The highest BCUT2D eigenvalue weighted by Crippen LogP contribution is 2.37. The van der Waals surface area contributed by atoms with Crippen LogP contribution in [0.2, 0.25) is 0 Å². The molecule has 0 bridgehead atoms. The summed E-state index contributed by atoms with van der Waals surface area (Å²) in [6.45, 7) is 6.12. The minimum atomic E-state index is -0.412. The van der Waals surface area contributed by atoms with Crippen LogP contribution in [-0.2, 0) is 6.42 Å². The van der Waals surface area contributed by atoms with Crippen LogP contribution in [0.25, 0.3) is 10.9 Å². The average molecular weight is 512 g/mol. The molecule has 0 amide bonds. The molecule has 2 N–H and O–H groups in total. The number of hydrogen-bond acceptors (Lipinski definition) is 6. The number of benzene rings is 1. The summed E-state index contributed by atoms with van der Waals surface area (Å²) in [6, 6.07) is 10.8. The summed E-state index contributed by atoms with van der Waals surface area (Å²) < 4.78 is 15.0. The fourth-order valence-electron chi connectivity index (χ4n) is 5.92. The van der Waals surface area contributed by atoms with E-state index in [4.69, 9.17) is 5.73 Å². The zero-order valence-electron chi connectivity index (χ0n) is 22.4. The molecule has 196 valence electrons. The molecule has 0 saturated heterocycles. The van der Waals surface area contributed by atoms with Crippen LogP contribution in [0.5, 0.6) is 0 Å². The van der Waals surface area contributed by atoms with E-state index in [1.165, 1.54) is 6.07 Å². The number of pyridine rings is 3. The molecule has 1 aliphatic carbocycles. The minimum absolute atomic E-state index is 0.107. The molecule has 0 radical (unpaired) electrons. The standard InChI is InChI=1S/C31H34FN5O/c1-18-11-21(13-23(33)12-18)25-9-10-34-16-22(25)14-30(38)26-6-7-28(32)27-15-24(17-35-31(26)27)37(4)29-8-5-19(2)36-20(29)3/h5-10,15-18,21,23H,11-14,33H2,1-4H3/t18-,21+,23-/m0/s1. The number of aromatic nitrogens is 3. The second-order valence-electron chi connectivity index (χ2n) is 10.7. The molecule has 7 heteroatoms. The van der Waals surface area contributed by atoms with Crippen LogP contribution in [0.1, 0.15) is 65.0 Å². The van der Waals surface area contributed by atoms with Gasteiger partial charge in [-0.1, -0.05) is 6.92 Å². The van der Waals surface area contributed by atoms with Crippen molar-refractivity contribution >= 4 is 28.1 Å². The van der Waals surface area contributed by atoms with Crippen molar-refractivity contribution in [2.24, 2.45) is 11.7 Å². The zero-order chi connectivity index (χ0) is 27.0. The number of aryl methyl sites for hydroxylation is 2. The molecule has 6 nitrogen and oxygen atoms in total. The fraction of sp³-hybridized carbons (Fsp3) is 0.355. The minimum Gasteiger partial charge on any atom is -0.342 e. The van der Waals surface area contributed by atoms with Crippen LogP contribution in [-0.4, -0.2) is 33.8 Å². The second kappa shape index (κ2) is 10.6. The van der Waals surface area contributed by atoms with Crippen LogP contribution in [0, 0.1) is 25.6 Å². The first kappa shape index (κ1) is 25.9. The number of anilines is 2. The molecular weight excluding hydrogens is 477 g/mol. The highest BCUT2D eigenvalue weighted by molar-refractivity contribution is 6.08. The van der Waals surface area contributed by atoms with Crippen molar-refractivity contribution in [3.63, 3.8) is 0 Å². The molecule has 38 heavy (non-hydrogen) atoms. The number of nitrogens with zero attached hydrogens (tertiary/aromatic N) is 4. The fourth-order valence-corrected chi connectivity index (χ4v) is 5.92. The molecular formula is C31H34FN5O. The molecule has 4 aromatic rings. The van der Waals surface area contributed by atoms with Crippen molar-refractivity contribution in [2.75, 3.05) is 11.9 Å². The van der Waals surface area contributed by atoms with Gasteiger partial charge < -0.3 is 10.6 Å². The van der Waals surface area contributed by atoms with Crippen LogP contribution in [0.3, 0.4) is 0 Å². The lowest BCUT2D eigenvalue weighted by Gasteiger charge is -2.32. The van der Waals surface area contributed by atoms with E-state index in [-0.39, 0.29) is 18.2 Å². The summed E-state index contributed by atoms with van der Waals surface area (Å²) in [7, 11) is 1.90. The first-order valence-corrected chi connectivity index (χ1v) is 13.2. The number of carbonyl (C=O) groups excluding carboxylic acids is 1. The maximum Gasteiger partial charge on any atom is 0.169 e. The van der Waals surface area contributed by atoms with E-state index in [1.54, 1.807) is 30.7 Å². The van der Waals surface area contributed by atoms with Gasteiger partial charge in [0.2, 0.25) is 0 Å². The summed E-state index contributed by atoms with van der Waals surface area (Å²) in [4.78, 5) is 28.9. The van der Waals surface area contributed by atoms with Gasteiger partial charge in [-0.05, 0) is 92.5 Å². The maximum absolute atomic E-state index is 15.0. The van der Waals surface area contributed by atoms with Crippen molar-refractivity contribution in [3.05, 3.63) is 88.9 Å². The highest BCUT2D eigenvalue weighted by atomic mass is 19.1. The van der Waals surface area contributed by atoms with Crippen LogP contribution in [0.15, 0.2) is 55.0 Å². The average Bonchev–Trinajstić information content (AvgIpc) is 2.88. The number of Topliss-reactive ketones (excluding diaryl/α,β-unsaturated/α-hetero) is 1. The molecule has 1 aromatic carbocycles. The Morgan fingerprint density at radius 2 is 1.92 bits per heavy atom. The van der Waals surface area contributed by atoms with Gasteiger partial charge in [-0.25, -0.2) is 4.39 Å². The van der Waals surface area contributed by atoms with Crippen molar-refractivity contribution in [2.45, 2.75) is 58.4 Å². The highest BCUT2D eigenvalue weighted by Gasteiger charge is 2.28. The normalized spacial score (nSPS) is 19.5. The van der Waals surface area contributed by atoms with Gasteiger partial charge in [-0.15, -0.1) is 0 Å². The second-order valence-corrected chi connectivity index (χ2v) is 10.7. The first-order chi connectivity index (χ1) is 18.2. The number of rotatable bonds is 6. The molecule has 3 aromatic heterocycles. The van der Waals surface area contributed by atoms with Gasteiger partial charge in [0.1, 0.15) is 5.82 Å². The smallest absolute Gasteiger partial charge is 0.169 e. The van der Waals surface area contributed by atoms with Crippen molar-refractivity contribution in [1.82, 2.24) is 15.0 Å². The van der Waals surface area contributed by atoms with Crippen LogP contribution >= 0.6 is 0 Å². The molecule has 0 unspecified atom stereocenters. The Morgan fingerprint density at radius 1 is 1.11 bits per heavy atom. The largest absolute Gasteiger partial charge is 0.342 e. The third kappa shape index (κ3) is 5.16. The van der Waals surface area contributed by atoms with Gasteiger partial charge in [0.25, 0.3) is 0 Å². The predicted octanol–water partition coefficient (Wildman–Crippen LogP) is 6.20. The number of halogens is 1. The van der Waals surface area contributed by atoms with Gasteiger partial charge >= 0.3 is 0 Å².